The van der Waals surface area contributed by atoms with E-state index in [0.29, 0.717) is 0 Å². The number of aliphatic hydroxyl groups excluding tert-OH is 1. The molecule has 0 radical (unpaired) electrons. The first-order chi connectivity index (χ1) is 7.65. The van der Waals surface area contributed by atoms with Crippen molar-refractivity contribution < 1.29 is 24.2 Å². The summed E-state index contributed by atoms with van der Waals surface area (Å²) in [6, 6.07) is -0.758. The number of nitrogens with one attached hydrogen (secondary N) is 1. The van der Waals surface area contributed by atoms with Crippen LogP contribution in [0.3, 0.4) is 0 Å². The van der Waals surface area contributed by atoms with E-state index in [9.17, 15) is 9.59 Å². The van der Waals surface area contributed by atoms with E-state index in [1.165, 1.54) is 0 Å². The molecule has 0 aromatic rings. The lowest BCUT2D eigenvalue weighted by Gasteiger charge is -2.15. The first kappa shape index (κ1) is 18.5. The summed E-state index contributed by atoms with van der Waals surface area (Å²) in [5, 5.41) is 11.4. The van der Waals surface area contributed by atoms with E-state index >= 15 is 0 Å². The van der Waals surface area contributed by atoms with Crippen molar-refractivity contribution >= 4 is 24.3 Å². The van der Waals surface area contributed by atoms with E-state index in [1.54, 1.807) is 13.8 Å². The summed E-state index contributed by atoms with van der Waals surface area (Å²) in [5.41, 5.74) is 0. The van der Waals surface area contributed by atoms with Crippen LogP contribution in [0.4, 0.5) is 0 Å². The van der Waals surface area contributed by atoms with E-state index in [4.69, 9.17) is 14.6 Å². The third-order valence-corrected chi connectivity index (χ3v) is 1.75. The van der Waals surface area contributed by atoms with Crippen molar-refractivity contribution in [3.63, 3.8) is 0 Å². The molecule has 0 saturated carbocycles. The molecule has 0 aliphatic rings. The van der Waals surface area contributed by atoms with E-state index in [1.807, 2.05) is 0 Å². The first-order valence-electron chi connectivity index (χ1n) is 5.32. The number of carbonyl (C=O) groups is 2. The number of rotatable bonds is 8. The number of esters is 2. The van der Waals surface area contributed by atoms with E-state index < -0.39 is 18.0 Å². The lowest BCUT2D eigenvalue weighted by Crippen LogP contribution is -2.41. The molecule has 0 spiro atoms. The van der Waals surface area contributed by atoms with Crippen molar-refractivity contribution in [1.29, 1.82) is 0 Å². The highest BCUT2D eigenvalue weighted by atomic mass is 35.5. The van der Waals surface area contributed by atoms with Crippen molar-refractivity contribution in [1.82, 2.24) is 5.32 Å². The molecule has 0 bridgehead atoms. The molecule has 0 heterocycles. The van der Waals surface area contributed by atoms with Crippen molar-refractivity contribution in [3.8, 4) is 0 Å². The quantitative estimate of drug-likeness (QED) is 0.598. The largest absolute Gasteiger partial charge is 0.466 e. The van der Waals surface area contributed by atoms with E-state index in [2.05, 4.69) is 5.32 Å². The van der Waals surface area contributed by atoms with Crippen LogP contribution in [0, 0.1) is 0 Å². The fraction of sp³-hybridized carbons (Fsp3) is 0.800. The van der Waals surface area contributed by atoms with Crippen LogP contribution in [0.25, 0.3) is 0 Å². The monoisotopic (exact) mass is 269 g/mol. The predicted molar refractivity (Wildman–Crippen MR) is 64.0 cm³/mol. The predicted octanol–water partition coefficient (Wildman–Crippen LogP) is -0.125. The highest BCUT2D eigenvalue weighted by molar-refractivity contribution is 5.85. The number of carbonyl (C=O) groups excluding carboxylic acids is 2. The summed E-state index contributed by atoms with van der Waals surface area (Å²) in [6.07, 6.45) is -0.0906. The zero-order chi connectivity index (χ0) is 12.4. The Bertz CT molecular complexity index is 225. The molecular formula is C10H20ClNO5. The van der Waals surface area contributed by atoms with Gasteiger partial charge in [0.05, 0.1) is 26.2 Å². The molecule has 1 atom stereocenters. The minimum atomic E-state index is -0.758. The molecule has 0 aromatic carbocycles. The van der Waals surface area contributed by atoms with Gasteiger partial charge in [0.25, 0.3) is 0 Å². The second kappa shape index (κ2) is 11.6. The lowest BCUT2D eigenvalue weighted by molar-refractivity contribution is -0.152. The standard InChI is InChI=1S/C10H19NO5.ClH/c1-3-15-9(13)7-8(11-5-6-12)10(14)16-4-2;/h8,11-12H,3-7H2,1-2H3;1H. The SMILES string of the molecule is CCOC(=O)CC(NCCO)C(=O)OCC.Cl. The minimum Gasteiger partial charge on any atom is -0.466 e. The number of aliphatic hydroxyl groups is 1. The van der Waals surface area contributed by atoms with Crippen LogP contribution in [0.15, 0.2) is 0 Å². The molecule has 17 heavy (non-hydrogen) atoms. The Morgan fingerprint density at radius 2 is 1.82 bits per heavy atom. The molecule has 0 amide bonds. The Hall–Kier alpha value is -0.850. The van der Waals surface area contributed by atoms with Crippen LogP contribution in [-0.2, 0) is 19.1 Å². The molecule has 0 aliphatic carbocycles. The van der Waals surface area contributed by atoms with Crippen LogP contribution in [0.5, 0.6) is 0 Å². The Kier molecular flexibility index (Phi) is 12.7. The molecule has 0 rings (SSSR count). The Morgan fingerprint density at radius 1 is 1.24 bits per heavy atom. The molecule has 0 saturated heterocycles. The van der Waals surface area contributed by atoms with Crippen molar-refractivity contribution in [2.75, 3.05) is 26.4 Å². The molecule has 1 unspecified atom stereocenters. The molecule has 6 nitrogen and oxygen atoms in total. The number of ether oxygens (including phenoxy) is 2. The van der Waals surface area contributed by atoms with Crippen LogP contribution in [0.1, 0.15) is 20.3 Å². The molecule has 102 valence electrons. The van der Waals surface area contributed by atoms with Crippen molar-refractivity contribution in [2.45, 2.75) is 26.3 Å². The van der Waals surface area contributed by atoms with Crippen LogP contribution in [0.2, 0.25) is 0 Å². The maximum atomic E-state index is 11.4. The molecular weight excluding hydrogens is 250 g/mol. The molecule has 7 heteroatoms. The average Bonchev–Trinajstić information content (AvgIpc) is 2.24. The van der Waals surface area contributed by atoms with Gasteiger partial charge >= 0.3 is 11.9 Å². The fourth-order valence-corrected chi connectivity index (χ4v) is 1.11. The highest BCUT2D eigenvalue weighted by Crippen LogP contribution is 1.98. The Morgan fingerprint density at radius 3 is 2.29 bits per heavy atom. The third kappa shape index (κ3) is 8.91. The van der Waals surface area contributed by atoms with Gasteiger partial charge in [0.15, 0.2) is 0 Å². The van der Waals surface area contributed by atoms with Crippen molar-refractivity contribution in [2.24, 2.45) is 0 Å². The van der Waals surface area contributed by atoms with Crippen molar-refractivity contribution in [3.05, 3.63) is 0 Å². The van der Waals surface area contributed by atoms with Crippen LogP contribution >= 0.6 is 12.4 Å². The summed E-state index contributed by atoms with van der Waals surface area (Å²) in [6.45, 7) is 4.01. The third-order valence-electron chi connectivity index (χ3n) is 1.75. The van der Waals surface area contributed by atoms with Gasteiger partial charge in [0.1, 0.15) is 6.04 Å². The topological polar surface area (TPSA) is 84.9 Å². The Balaban J connectivity index is 0. The van der Waals surface area contributed by atoms with Gasteiger partial charge < -0.3 is 19.9 Å². The van der Waals surface area contributed by atoms with Crippen LogP contribution in [-0.4, -0.2) is 49.5 Å². The summed E-state index contributed by atoms with van der Waals surface area (Å²) in [4.78, 5) is 22.6. The lowest BCUT2D eigenvalue weighted by atomic mass is 10.2. The molecule has 0 fully saturated rings. The second-order valence-electron chi connectivity index (χ2n) is 2.99. The summed E-state index contributed by atoms with van der Waals surface area (Å²) in [7, 11) is 0. The van der Waals surface area contributed by atoms with Gasteiger partial charge in [0.2, 0.25) is 0 Å². The van der Waals surface area contributed by atoms with Gasteiger partial charge in [0, 0.05) is 6.54 Å². The zero-order valence-corrected chi connectivity index (χ0v) is 10.9. The number of hydrogen-bond acceptors (Lipinski definition) is 6. The Labute approximate surface area is 107 Å². The molecule has 0 aromatic heterocycles. The summed E-state index contributed by atoms with van der Waals surface area (Å²) in [5.74, 6) is -0.977. The maximum absolute atomic E-state index is 11.4. The van der Waals surface area contributed by atoms with E-state index in [-0.39, 0.29) is 45.2 Å². The second-order valence-corrected chi connectivity index (χ2v) is 2.99. The maximum Gasteiger partial charge on any atom is 0.323 e. The highest BCUT2D eigenvalue weighted by Gasteiger charge is 2.22. The summed E-state index contributed by atoms with van der Waals surface area (Å²) < 4.78 is 9.52. The van der Waals surface area contributed by atoms with Crippen LogP contribution < -0.4 is 5.32 Å². The average molecular weight is 270 g/mol. The number of hydrogen-bond donors (Lipinski definition) is 2. The van der Waals surface area contributed by atoms with Gasteiger partial charge in [-0.1, -0.05) is 0 Å². The zero-order valence-electron chi connectivity index (χ0n) is 10.1. The number of halogens is 1. The minimum absolute atomic E-state index is 0. The van der Waals surface area contributed by atoms with E-state index in [0.717, 1.165) is 0 Å². The van der Waals surface area contributed by atoms with Gasteiger partial charge in [-0.3, -0.25) is 9.59 Å². The summed E-state index contributed by atoms with van der Waals surface area (Å²) >= 11 is 0. The van der Waals surface area contributed by atoms with Gasteiger partial charge in [-0.15, -0.1) is 12.4 Å². The fourth-order valence-electron chi connectivity index (χ4n) is 1.11. The van der Waals surface area contributed by atoms with Gasteiger partial charge in [-0.25, -0.2) is 0 Å². The smallest absolute Gasteiger partial charge is 0.323 e. The molecule has 0 aliphatic heterocycles. The first-order valence-corrected chi connectivity index (χ1v) is 5.32. The van der Waals surface area contributed by atoms with Gasteiger partial charge in [-0.05, 0) is 13.8 Å². The normalized spacial score (nSPS) is 11.2. The molecule has 2 N–H and O–H groups in total. The van der Waals surface area contributed by atoms with Gasteiger partial charge in [-0.2, -0.15) is 0 Å².